The fourth-order valence-electron chi connectivity index (χ4n) is 3.25. The number of nitrogens with one attached hydrogen (secondary N) is 1. The van der Waals surface area contributed by atoms with Crippen molar-refractivity contribution in [1.82, 2.24) is 5.32 Å². The summed E-state index contributed by atoms with van der Waals surface area (Å²) in [7, 11) is 0. The number of carbonyl (C=O) groups is 1. The summed E-state index contributed by atoms with van der Waals surface area (Å²) in [5, 5.41) is 4.20. The van der Waals surface area contributed by atoms with Crippen molar-refractivity contribution in [2.24, 2.45) is 5.92 Å². The number of halogens is 1. The lowest BCUT2D eigenvalue weighted by molar-refractivity contribution is -0.119. The number of hydrogen-bond acceptors (Lipinski definition) is 3. The molecule has 0 saturated heterocycles. The van der Waals surface area contributed by atoms with E-state index in [0.29, 0.717) is 5.02 Å². The maximum Gasteiger partial charge on any atom is 0.160 e. The topological polar surface area (TPSA) is 29.1 Å². The van der Waals surface area contributed by atoms with E-state index in [-0.39, 0.29) is 16.6 Å². The van der Waals surface area contributed by atoms with E-state index in [9.17, 15) is 4.79 Å². The molecule has 1 aromatic carbocycles. The molecule has 1 aliphatic heterocycles. The van der Waals surface area contributed by atoms with Crippen LogP contribution in [0, 0.1) is 5.92 Å². The predicted octanol–water partition coefficient (Wildman–Crippen LogP) is 5.26. The van der Waals surface area contributed by atoms with Crippen LogP contribution >= 0.6 is 23.4 Å². The van der Waals surface area contributed by atoms with Crippen LogP contribution in [0.2, 0.25) is 5.02 Å². The van der Waals surface area contributed by atoms with Crippen molar-refractivity contribution in [3.63, 3.8) is 0 Å². The van der Waals surface area contributed by atoms with Crippen LogP contribution < -0.4 is 5.32 Å². The molecule has 4 heteroatoms. The maximum absolute atomic E-state index is 12.6. The highest BCUT2D eigenvalue weighted by Gasteiger charge is 2.30. The molecule has 2 nitrogen and oxygen atoms in total. The molecule has 1 N–H and O–H groups in total. The summed E-state index contributed by atoms with van der Waals surface area (Å²) in [6, 6.07) is 5.91. The minimum Gasteiger partial charge on any atom is -0.370 e. The molecule has 0 amide bonds. The molecule has 0 atom stereocenters. The molecule has 22 heavy (non-hydrogen) atoms. The number of allylic oxidation sites excluding steroid dienone is 1. The highest BCUT2D eigenvalue weighted by Crippen LogP contribution is 2.42. The van der Waals surface area contributed by atoms with Crippen LogP contribution in [-0.4, -0.2) is 10.7 Å². The lowest BCUT2D eigenvalue weighted by Crippen LogP contribution is -2.38. The molecule has 1 saturated carbocycles. The number of fused-ring (bicyclic) bond motifs is 1. The molecule has 118 valence electrons. The lowest BCUT2D eigenvalue weighted by atomic mass is 9.85. The average molecular weight is 336 g/mol. The quantitative estimate of drug-likeness (QED) is 0.747. The Morgan fingerprint density at radius 1 is 1.32 bits per heavy atom. The first kappa shape index (κ1) is 15.9. The average Bonchev–Trinajstić information content (AvgIpc) is 2.48. The van der Waals surface area contributed by atoms with Gasteiger partial charge in [0.15, 0.2) is 5.78 Å². The van der Waals surface area contributed by atoms with Gasteiger partial charge < -0.3 is 5.32 Å². The van der Waals surface area contributed by atoms with Gasteiger partial charge in [-0.05, 0) is 44.9 Å². The summed E-state index contributed by atoms with van der Waals surface area (Å²) in [5.74, 6) is 0.458. The van der Waals surface area contributed by atoms with Crippen molar-refractivity contribution < 1.29 is 4.79 Å². The Bertz CT molecular complexity index is 618. The second kappa shape index (κ2) is 6.29. The van der Waals surface area contributed by atoms with Crippen molar-refractivity contribution in [2.75, 3.05) is 0 Å². The van der Waals surface area contributed by atoms with Gasteiger partial charge in [-0.3, -0.25) is 4.79 Å². The molecule has 1 fully saturated rings. The Morgan fingerprint density at radius 2 is 2.05 bits per heavy atom. The van der Waals surface area contributed by atoms with Gasteiger partial charge in [-0.1, -0.05) is 42.6 Å². The van der Waals surface area contributed by atoms with Gasteiger partial charge in [-0.2, -0.15) is 0 Å². The highest BCUT2D eigenvalue weighted by atomic mass is 35.5. The van der Waals surface area contributed by atoms with Gasteiger partial charge in [0.05, 0.1) is 4.87 Å². The van der Waals surface area contributed by atoms with E-state index in [0.717, 1.165) is 24.1 Å². The van der Waals surface area contributed by atoms with Gasteiger partial charge in [0.1, 0.15) is 0 Å². The second-order valence-corrected chi connectivity index (χ2v) is 8.77. The normalized spacial score (nSPS) is 23.0. The Kier molecular flexibility index (Phi) is 4.56. The highest BCUT2D eigenvalue weighted by molar-refractivity contribution is 8.00. The third-order valence-electron chi connectivity index (χ3n) is 4.33. The third kappa shape index (κ3) is 3.52. The second-order valence-electron chi connectivity index (χ2n) is 6.67. The van der Waals surface area contributed by atoms with Crippen LogP contribution in [0.5, 0.6) is 0 Å². The summed E-state index contributed by atoms with van der Waals surface area (Å²) in [4.78, 5) is 13.7. The first-order chi connectivity index (χ1) is 10.4. The molecular formula is C18H22ClNOS. The van der Waals surface area contributed by atoms with Gasteiger partial charge in [0.25, 0.3) is 0 Å². The third-order valence-corrected chi connectivity index (χ3v) is 5.75. The minimum absolute atomic E-state index is 0.125. The minimum atomic E-state index is -0.125. The zero-order chi connectivity index (χ0) is 15.7. The van der Waals surface area contributed by atoms with E-state index < -0.39 is 0 Å². The Morgan fingerprint density at radius 3 is 2.77 bits per heavy atom. The molecule has 1 heterocycles. The van der Waals surface area contributed by atoms with Crippen LogP contribution in [0.15, 0.2) is 29.2 Å². The van der Waals surface area contributed by atoms with Gasteiger partial charge in [0, 0.05) is 33.2 Å². The van der Waals surface area contributed by atoms with Gasteiger partial charge in [0.2, 0.25) is 0 Å². The molecule has 0 spiro atoms. The number of thioether (sulfide) groups is 1. The standard InChI is InChI=1S/C18H22ClNOS/c1-18(2)20-15(11-16(21)12-6-4-3-5-7-12)14-10-13(19)8-9-17(14)22-18/h8-12,20H,3-7H2,1-2H3/b15-11-. The van der Waals surface area contributed by atoms with Crippen LogP contribution in [0.3, 0.4) is 0 Å². The SMILES string of the molecule is CC1(C)N/C(=C\C(=O)C2CCCCC2)c2cc(Cl)ccc2S1. The number of rotatable bonds is 2. The zero-order valence-corrected chi connectivity index (χ0v) is 14.7. The first-order valence-electron chi connectivity index (χ1n) is 7.97. The lowest BCUT2D eigenvalue weighted by Gasteiger charge is -2.35. The Balaban J connectivity index is 1.93. The molecule has 3 rings (SSSR count). The zero-order valence-electron chi connectivity index (χ0n) is 13.1. The van der Waals surface area contributed by atoms with E-state index >= 15 is 0 Å². The van der Waals surface area contributed by atoms with E-state index in [1.54, 1.807) is 11.8 Å². The molecule has 1 aromatic rings. The summed E-state index contributed by atoms with van der Waals surface area (Å²) in [6.07, 6.45) is 7.49. The number of ketones is 1. The molecule has 0 radical (unpaired) electrons. The van der Waals surface area contributed by atoms with E-state index in [1.165, 1.54) is 24.2 Å². The number of hydrogen-bond donors (Lipinski definition) is 1. The van der Waals surface area contributed by atoms with Crippen molar-refractivity contribution in [1.29, 1.82) is 0 Å². The largest absolute Gasteiger partial charge is 0.370 e. The summed E-state index contributed by atoms with van der Waals surface area (Å²) in [5.41, 5.74) is 1.96. The fourth-order valence-corrected chi connectivity index (χ4v) is 4.55. The van der Waals surface area contributed by atoms with Gasteiger partial charge in [-0.15, -0.1) is 0 Å². The smallest absolute Gasteiger partial charge is 0.160 e. The molecular weight excluding hydrogens is 314 g/mol. The Hall–Kier alpha value is -0.930. The van der Waals surface area contributed by atoms with E-state index in [4.69, 9.17) is 11.6 Å². The Labute approximate surface area is 141 Å². The van der Waals surface area contributed by atoms with Crippen LogP contribution in [0.25, 0.3) is 5.70 Å². The van der Waals surface area contributed by atoms with Crippen molar-refractivity contribution in [3.05, 3.63) is 34.9 Å². The molecule has 0 unspecified atom stereocenters. The van der Waals surface area contributed by atoms with Crippen molar-refractivity contribution in [3.8, 4) is 0 Å². The van der Waals surface area contributed by atoms with E-state index in [1.807, 2.05) is 24.3 Å². The first-order valence-corrected chi connectivity index (χ1v) is 9.17. The fraction of sp³-hybridized carbons (Fsp3) is 0.500. The molecule has 2 aliphatic rings. The van der Waals surface area contributed by atoms with Crippen LogP contribution in [0.4, 0.5) is 0 Å². The summed E-state index contributed by atoms with van der Waals surface area (Å²) >= 11 is 7.92. The van der Waals surface area contributed by atoms with Gasteiger partial charge >= 0.3 is 0 Å². The number of carbonyl (C=O) groups excluding carboxylic acids is 1. The summed E-state index contributed by atoms with van der Waals surface area (Å²) < 4.78 is 0. The van der Waals surface area contributed by atoms with Crippen LogP contribution in [0.1, 0.15) is 51.5 Å². The molecule has 0 bridgehead atoms. The monoisotopic (exact) mass is 335 g/mol. The van der Waals surface area contributed by atoms with E-state index in [2.05, 4.69) is 19.2 Å². The predicted molar refractivity (Wildman–Crippen MR) is 94.1 cm³/mol. The van der Waals surface area contributed by atoms with Gasteiger partial charge in [-0.25, -0.2) is 0 Å². The van der Waals surface area contributed by atoms with Crippen LogP contribution in [-0.2, 0) is 4.79 Å². The van der Waals surface area contributed by atoms with Crippen molar-refractivity contribution >= 4 is 34.8 Å². The molecule has 0 aromatic heterocycles. The van der Waals surface area contributed by atoms with Crippen molar-refractivity contribution in [2.45, 2.75) is 55.7 Å². The maximum atomic E-state index is 12.6. The summed E-state index contributed by atoms with van der Waals surface area (Å²) in [6.45, 7) is 4.27. The number of benzene rings is 1. The molecule has 1 aliphatic carbocycles.